The van der Waals surface area contributed by atoms with Gasteiger partial charge < -0.3 is 10.2 Å². The molecule has 1 aliphatic heterocycles. The Hall–Kier alpha value is -0.570. The maximum Gasteiger partial charge on any atom is 0.223 e. The molecule has 0 aliphatic carbocycles. The Labute approximate surface area is 112 Å². The van der Waals surface area contributed by atoms with E-state index in [0.29, 0.717) is 6.04 Å². The third kappa shape index (κ3) is 5.38. The van der Waals surface area contributed by atoms with Crippen LogP contribution in [0, 0.1) is 11.8 Å². The molecule has 3 nitrogen and oxygen atoms in total. The Morgan fingerprint density at radius 1 is 1.28 bits per heavy atom. The number of nitrogens with one attached hydrogen (secondary N) is 1. The molecule has 1 N–H and O–H groups in total. The summed E-state index contributed by atoms with van der Waals surface area (Å²) in [6.45, 7) is 12.1. The number of hydrogen-bond donors (Lipinski definition) is 1. The van der Waals surface area contributed by atoms with Crippen LogP contribution in [-0.4, -0.2) is 36.5 Å². The van der Waals surface area contributed by atoms with Gasteiger partial charge in [-0.2, -0.15) is 0 Å². The van der Waals surface area contributed by atoms with E-state index >= 15 is 0 Å². The largest absolute Gasteiger partial charge is 0.353 e. The van der Waals surface area contributed by atoms with Crippen LogP contribution in [0.3, 0.4) is 0 Å². The maximum atomic E-state index is 11.9. The zero-order chi connectivity index (χ0) is 13.5. The molecular formula is C15H30N2O. The van der Waals surface area contributed by atoms with Crippen LogP contribution < -0.4 is 5.32 Å². The predicted octanol–water partition coefficient (Wildman–Crippen LogP) is 2.66. The fourth-order valence-electron chi connectivity index (χ4n) is 2.68. The number of carbonyl (C=O) groups excluding carboxylic acids is 1. The van der Waals surface area contributed by atoms with Gasteiger partial charge in [-0.3, -0.25) is 4.79 Å². The van der Waals surface area contributed by atoms with Gasteiger partial charge in [-0.05, 0) is 25.2 Å². The lowest BCUT2D eigenvalue weighted by molar-refractivity contribution is -0.125. The second-order valence-corrected chi connectivity index (χ2v) is 6.17. The summed E-state index contributed by atoms with van der Waals surface area (Å²) >= 11 is 0. The third-order valence-electron chi connectivity index (χ3n) is 3.73. The van der Waals surface area contributed by atoms with Gasteiger partial charge in [0.05, 0.1) is 0 Å². The Kier molecular flexibility index (Phi) is 6.69. The highest BCUT2D eigenvalue weighted by molar-refractivity contribution is 5.78. The van der Waals surface area contributed by atoms with Crippen LogP contribution >= 0.6 is 0 Å². The molecule has 0 aromatic rings. The van der Waals surface area contributed by atoms with E-state index in [9.17, 15) is 4.79 Å². The van der Waals surface area contributed by atoms with Gasteiger partial charge in [0.25, 0.3) is 0 Å². The van der Waals surface area contributed by atoms with Crippen molar-refractivity contribution in [1.82, 2.24) is 10.2 Å². The summed E-state index contributed by atoms with van der Waals surface area (Å²) in [6.07, 6.45) is 4.30. The van der Waals surface area contributed by atoms with E-state index in [1.807, 2.05) is 6.92 Å². The lowest BCUT2D eigenvalue weighted by atomic mass is 10.0. The fourth-order valence-corrected chi connectivity index (χ4v) is 2.68. The molecule has 1 fully saturated rings. The van der Waals surface area contributed by atoms with Gasteiger partial charge in [-0.1, -0.05) is 34.1 Å². The van der Waals surface area contributed by atoms with Crippen molar-refractivity contribution >= 4 is 5.91 Å². The van der Waals surface area contributed by atoms with Crippen molar-refractivity contribution in [3.8, 4) is 0 Å². The summed E-state index contributed by atoms with van der Waals surface area (Å²) in [5.41, 5.74) is 0. The van der Waals surface area contributed by atoms with Crippen molar-refractivity contribution in [2.45, 2.75) is 59.4 Å². The second kappa shape index (κ2) is 7.78. The summed E-state index contributed by atoms with van der Waals surface area (Å²) in [5.74, 6) is 1.16. The summed E-state index contributed by atoms with van der Waals surface area (Å²) in [6, 6.07) is 0.403. The van der Waals surface area contributed by atoms with E-state index in [1.165, 1.54) is 6.54 Å². The molecule has 1 rings (SSSR count). The van der Waals surface area contributed by atoms with Crippen molar-refractivity contribution in [2.75, 3.05) is 19.6 Å². The van der Waals surface area contributed by atoms with E-state index in [4.69, 9.17) is 0 Å². The Morgan fingerprint density at radius 2 is 1.89 bits per heavy atom. The number of rotatable bonds is 6. The van der Waals surface area contributed by atoms with E-state index < -0.39 is 0 Å². The molecule has 0 aromatic carbocycles. The lowest BCUT2D eigenvalue weighted by Crippen LogP contribution is -2.46. The Balaban J connectivity index is 2.24. The summed E-state index contributed by atoms with van der Waals surface area (Å²) in [4.78, 5) is 14.5. The van der Waals surface area contributed by atoms with Crippen LogP contribution in [0.4, 0.5) is 0 Å². The van der Waals surface area contributed by atoms with Crippen molar-refractivity contribution in [3.63, 3.8) is 0 Å². The minimum Gasteiger partial charge on any atom is -0.353 e. The lowest BCUT2D eigenvalue weighted by Gasteiger charge is -2.33. The number of likely N-dealkylation sites (tertiary alicyclic amines) is 1. The average molecular weight is 254 g/mol. The molecule has 1 amide bonds. The molecular weight excluding hydrogens is 224 g/mol. The normalized spacial score (nSPS) is 20.1. The first kappa shape index (κ1) is 15.5. The highest BCUT2D eigenvalue weighted by atomic mass is 16.1. The molecule has 0 saturated carbocycles. The second-order valence-electron chi connectivity index (χ2n) is 6.17. The molecule has 106 valence electrons. The minimum atomic E-state index is 0.170. The third-order valence-corrected chi connectivity index (χ3v) is 3.73. The molecule has 0 aromatic heterocycles. The van der Waals surface area contributed by atoms with Gasteiger partial charge in [0.2, 0.25) is 5.91 Å². The predicted molar refractivity (Wildman–Crippen MR) is 76.5 cm³/mol. The first-order valence-electron chi connectivity index (χ1n) is 7.55. The molecule has 1 saturated heterocycles. The van der Waals surface area contributed by atoms with Crippen molar-refractivity contribution in [1.29, 1.82) is 0 Å². The summed E-state index contributed by atoms with van der Waals surface area (Å²) < 4.78 is 0. The van der Waals surface area contributed by atoms with Crippen LogP contribution in [0.5, 0.6) is 0 Å². The molecule has 0 bridgehead atoms. The molecule has 1 unspecified atom stereocenters. The van der Waals surface area contributed by atoms with Crippen LogP contribution in [-0.2, 0) is 4.79 Å². The number of nitrogens with zero attached hydrogens (tertiary/aromatic N) is 1. The van der Waals surface area contributed by atoms with Crippen molar-refractivity contribution < 1.29 is 4.79 Å². The number of hydrogen-bond acceptors (Lipinski definition) is 2. The summed E-state index contributed by atoms with van der Waals surface area (Å²) in [7, 11) is 0. The molecule has 0 radical (unpaired) electrons. The van der Waals surface area contributed by atoms with Gasteiger partial charge in [-0.25, -0.2) is 0 Å². The van der Waals surface area contributed by atoms with Crippen LogP contribution in [0.2, 0.25) is 0 Å². The van der Waals surface area contributed by atoms with E-state index in [1.54, 1.807) is 0 Å². The van der Waals surface area contributed by atoms with Crippen molar-refractivity contribution in [3.05, 3.63) is 0 Å². The minimum absolute atomic E-state index is 0.170. The molecule has 0 spiro atoms. The fraction of sp³-hybridized carbons (Fsp3) is 0.933. The SMILES string of the molecule is CCCC(C)C(=O)NC1CCN(CC(C)C)CC1. The Morgan fingerprint density at radius 3 is 2.39 bits per heavy atom. The van der Waals surface area contributed by atoms with Gasteiger partial charge in [0.15, 0.2) is 0 Å². The van der Waals surface area contributed by atoms with Crippen LogP contribution in [0.1, 0.15) is 53.4 Å². The van der Waals surface area contributed by atoms with Crippen LogP contribution in [0.25, 0.3) is 0 Å². The quantitative estimate of drug-likeness (QED) is 0.790. The number of piperidine rings is 1. The monoisotopic (exact) mass is 254 g/mol. The van der Waals surface area contributed by atoms with Gasteiger partial charge in [0.1, 0.15) is 0 Å². The van der Waals surface area contributed by atoms with E-state index in [0.717, 1.165) is 44.7 Å². The van der Waals surface area contributed by atoms with Gasteiger partial charge >= 0.3 is 0 Å². The van der Waals surface area contributed by atoms with Crippen LogP contribution in [0.15, 0.2) is 0 Å². The average Bonchev–Trinajstić information content (AvgIpc) is 2.31. The highest BCUT2D eigenvalue weighted by Gasteiger charge is 2.22. The first-order valence-corrected chi connectivity index (χ1v) is 7.55. The van der Waals surface area contributed by atoms with Gasteiger partial charge in [0, 0.05) is 31.6 Å². The zero-order valence-electron chi connectivity index (χ0n) is 12.5. The maximum absolute atomic E-state index is 11.9. The first-order chi connectivity index (χ1) is 8.52. The molecule has 1 atom stereocenters. The van der Waals surface area contributed by atoms with E-state index in [2.05, 4.69) is 31.0 Å². The molecule has 18 heavy (non-hydrogen) atoms. The highest BCUT2D eigenvalue weighted by Crippen LogP contribution is 2.13. The number of carbonyl (C=O) groups is 1. The topological polar surface area (TPSA) is 32.3 Å². The standard InChI is InChI=1S/C15H30N2O/c1-5-6-13(4)15(18)16-14-7-9-17(10-8-14)11-12(2)3/h12-14H,5-11H2,1-4H3,(H,16,18). The Bertz CT molecular complexity index is 245. The molecule has 1 aliphatic rings. The molecule has 3 heteroatoms. The van der Waals surface area contributed by atoms with Gasteiger partial charge in [-0.15, -0.1) is 0 Å². The smallest absolute Gasteiger partial charge is 0.223 e. The zero-order valence-corrected chi connectivity index (χ0v) is 12.5. The molecule has 1 heterocycles. The van der Waals surface area contributed by atoms with Crippen molar-refractivity contribution in [2.24, 2.45) is 11.8 Å². The summed E-state index contributed by atoms with van der Waals surface area (Å²) in [5, 5.41) is 3.21. The number of amides is 1. The van der Waals surface area contributed by atoms with E-state index in [-0.39, 0.29) is 11.8 Å².